The number of rotatable bonds is 5. The first-order valence-corrected chi connectivity index (χ1v) is 8.23. The minimum absolute atomic E-state index is 0.174. The number of carbonyl (C=O) groups excluding carboxylic acids is 1. The Morgan fingerprint density at radius 2 is 1.96 bits per heavy atom. The third-order valence-electron chi connectivity index (χ3n) is 3.36. The van der Waals surface area contributed by atoms with E-state index in [1.54, 1.807) is 18.2 Å². The molecule has 0 spiro atoms. The number of carbonyl (C=O) groups is 1. The molecule has 0 unspecified atom stereocenters. The molecule has 2 N–H and O–H groups in total. The van der Waals surface area contributed by atoms with E-state index in [0.29, 0.717) is 11.3 Å². The van der Waals surface area contributed by atoms with E-state index in [2.05, 4.69) is 31.4 Å². The van der Waals surface area contributed by atoms with Crippen LogP contribution in [0, 0.1) is 0 Å². The van der Waals surface area contributed by atoms with Crippen LogP contribution in [0.4, 0.5) is 0 Å². The van der Waals surface area contributed by atoms with Gasteiger partial charge in [0.25, 0.3) is 11.5 Å². The van der Waals surface area contributed by atoms with Crippen molar-refractivity contribution < 1.29 is 9.53 Å². The molecule has 3 aromatic rings. The standard InChI is InChI=1S/C18H14BrN3O3/c19-14-5-7-15(8-6-14)25-11-17(23)22-20-10-13-9-12-3-1-2-4-16(12)21-18(13)24/h1-10H,11H2,(H,21,24)(H,22,23)/b20-10-. The first-order chi connectivity index (χ1) is 12.1. The van der Waals surface area contributed by atoms with E-state index in [-0.39, 0.29) is 12.2 Å². The SMILES string of the molecule is O=C(COc1ccc(Br)cc1)N/N=C\c1cc2ccccc2[nH]c1=O. The molecule has 0 bridgehead atoms. The van der Waals surface area contributed by atoms with Gasteiger partial charge in [0.2, 0.25) is 0 Å². The lowest BCUT2D eigenvalue weighted by Crippen LogP contribution is -2.25. The molecule has 1 amide bonds. The zero-order valence-electron chi connectivity index (χ0n) is 13.0. The number of amides is 1. The van der Waals surface area contributed by atoms with Gasteiger partial charge in [-0.15, -0.1) is 0 Å². The molecule has 25 heavy (non-hydrogen) atoms. The number of para-hydroxylation sites is 1. The molecular formula is C18H14BrN3O3. The number of pyridine rings is 1. The molecule has 126 valence electrons. The number of aromatic nitrogens is 1. The van der Waals surface area contributed by atoms with Crippen LogP contribution < -0.4 is 15.7 Å². The highest BCUT2D eigenvalue weighted by Crippen LogP contribution is 2.15. The zero-order chi connectivity index (χ0) is 17.6. The molecule has 1 aromatic heterocycles. The molecule has 0 aliphatic heterocycles. The summed E-state index contributed by atoms with van der Waals surface area (Å²) in [7, 11) is 0. The van der Waals surface area contributed by atoms with E-state index < -0.39 is 5.91 Å². The smallest absolute Gasteiger partial charge is 0.277 e. The van der Waals surface area contributed by atoms with Gasteiger partial charge in [-0.1, -0.05) is 34.1 Å². The number of fused-ring (bicyclic) bond motifs is 1. The molecule has 2 aromatic carbocycles. The molecule has 3 rings (SSSR count). The predicted octanol–water partition coefficient (Wildman–Crippen LogP) is 2.82. The van der Waals surface area contributed by atoms with Crippen molar-refractivity contribution in [3.8, 4) is 5.75 Å². The van der Waals surface area contributed by atoms with E-state index in [1.165, 1.54) is 6.21 Å². The Kier molecular flexibility index (Phi) is 5.25. The highest BCUT2D eigenvalue weighted by Gasteiger charge is 2.03. The van der Waals surface area contributed by atoms with Gasteiger partial charge in [0.15, 0.2) is 6.61 Å². The molecular weight excluding hydrogens is 386 g/mol. The monoisotopic (exact) mass is 399 g/mol. The van der Waals surface area contributed by atoms with Crippen LogP contribution in [0.25, 0.3) is 10.9 Å². The summed E-state index contributed by atoms with van der Waals surface area (Å²) in [5.74, 6) is 0.157. The fourth-order valence-corrected chi connectivity index (χ4v) is 2.41. The predicted molar refractivity (Wildman–Crippen MR) is 99.9 cm³/mol. The second-order valence-electron chi connectivity index (χ2n) is 5.18. The average Bonchev–Trinajstić information content (AvgIpc) is 2.61. The number of H-pyrrole nitrogens is 1. The Bertz CT molecular complexity index is 981. The fourth-order valence-electron chi connectivity index (χ4n) is 2.15. The van der Waals surface area contributed by atoms with Gasteiger partial charge in [0.05, 0.1) is 11.8 Å². The number of ether oxygens (including phenoxy) is 1. The summed E-state index contributed by atoms with van der Waals surface area (Å²) in [6.45, 7) is -0.174. The zero-order valence-corrected chi connectivity index (χ0v) is 14.6. The van der Waals surface area contributed by atoms with Gasteiger partial charge in [0, 0.05) is 9.99 Å². The van der Waals surface area contributed by atoms with Crippen LogP contribution in [0.1, 0.15) is 5.56 Å². The fraction of sp³-hybridized carbons (Fsp3) is 0.0556. The Hall–Kier alpha value is -2.93. The summed E-state index contributed by atoms with van der Waals surface area (Å²) in [6.07, 6.45) is 1.31. The Labute approximate surface area is 151 Å². The van der Waals surface area contributed by atoms with Gasteiger partial charge >= 0.3 is 0 Å². The minimum atomic E-state index is -0.420. The number of hydrogen-bond acceptors (Lipinski definition) is 4. The second kappa shape index (κ2) is 7.76. The summed E-state index contributed by atoms with van der Waals surface area (Å²) >= 11 is 3.32. The summed E-state index contributed by atoms with van der Waals surface area (Å²) < 4.78 is 6.26. The van der Waals surface area contributed by atoms with E-state index in [9.17, 15) is 9.59 Å². The molecule has 0 atom stereocenters. The van der Waals surface area contributed by atoms with Crippen molar-refractivity contribution in [2.75, 3.05) is 6.61 Å². The second-order valence-corrected chi connectivity index (χ2v) is 6.09. The maximum Gasteiger partial charge on any atom is 0.277 e. The van der Waals surface area contributed by atoms with E-state index >= 15 is 0 Å². The maximum atomic E-state index is 12.0. The Morgan fingerprint density at radius 3 is 2.76 bits per heavy atom. The number of benzene rings is 2. The summed E-state index contributed by atoms with van der Waals surface area (Å²) in [5, 5.41) is 4.69. The first-order valence-electron chi connectivity index (χ1n) is 7.44. The average molecular weight is 400 g/mol. The van der Waals surface area contributed by atoms with Crippen molar-refractivity contribution in [3.05, 3.63) is 75.0 Å². The topological polar surface area (TPSA) is 83.5 Å². The quantitative estimate of drug-likeness (QED) is 0.510. The van der Waals surface area contributed by atoms with Crippen LogP contribution in [0.3, 0.4) is 0 Å². The number of nitrogens with zero attached hydrogens (tertiary/aromatic N) is 1. The van der Waals surface area contributed by atoms with Gasteiger partial charge in [-0.2, -0.15) is 5.10 Å². The molecule has 0 aliphatic rings. The molecule has 7 heteroatoms. The van der Waals surface area contributed by atoms with Crippen LogP contribution in [-0.4, -0.2) is 23.7 Å². The third-order valence-corrected chi connectivity index (χ3v) is 3.89. The normalized spacial score (nSPS) is 10.9. The number of aromatic amines is 1. The number of nitrogens with one attached hydrogen (secondary N) is 2. The van der Waals surface area contributed by atoms with E-state index in [4.69, 9.17) is 4.74 Å². The molecule has 0 radical (unpaired) electrons. The van der Waals surface area contributed by atoms with Crippen LogP contribution in [0.5, 0.6) is 5.75 Å². The van der Waals surface area contributed by atoms with Gasteiger partial charge in [0.1, 0.15) is 5.75 Å². The van der Waals surface area contributed by atoms with Crippen molar-refractivity contribution in [1.29, 1.82) is 0 Å². The Balaban J connectivity index is 1.59. The van der Waals surface area contributed by atoms with Gasteiger partial charge in [-0.05, 0) is 41.8 Å². The largest absolute Gasteiger partial charge is 0.484 e. The molecule has 0 saturated carbocycles. The van der Waals surface area contributed by atoms with Gasteiger partial charge < -0.3 is 9.72 Å². The van der Waals surface area contributed by atoms with Crippen molar-refractivity contribution in [2.24, 2.45) is 5.10 Å². The van der Waals surface area contributed by atoms with E-state index in [0.717, 1.165) is 15.4 Å². The summed E-state index contributed by atoms with van der Waals surface area (Å²) in [5.41, 5.74) is 3.16. The first kappa shape index (κ1) is 16.9. The number of hydrazone groups is 1. The number of hydrogen-bond donors (Lipinski definition) is 2. The van der Waals surface area contributed by atoms with Gasteiger partial charge in [-0.25, -0.2) is 5.43 Å². The van der Waals surface area contributed by atoms with Gasteiger partial charge in [-0.3, -0.25) is 9.59 Å². The van der Waals surface area contributed by atoms with E-state index in [1.807, 2.05) is 36.4 Å². The lowest BCUT2D eigenvalue weighted by Gasteiger charge is -2.04. The lowest BCUT2D eigenvalue weighted by atomic mass is 10.2. The maximum absolute atomic E-state index is 12.0. The molecule has 6 nitrogen and oxygen atoms in total. The van der Waals surface area contributed by atoms with Crippen molar-refractivity contribution in [2.45, 2.75) is 0 Å². The third kappa shape index (κ3) is 4.54. The number of halogens is 1. The summed E-state index contributed by atoms with van der Waals surface area (Å²) in [4.78, 5) is 26.4. The Morgan fingerprint density at radius 1 is 1.20 bits per heavy atom. The lowest BCUT2D eigenvalue weighted by molar-refractivity contribution is -0.123. The van der Waals surface area contributed by atoms with Crippen LogP contribution >= 0.6 is 15.9 Å². The molecule has 0 fully saturated rings. The molecule has 1 heterocycles. The molecule has 0 aliphatic carbocycles. The van der Waals surface area contributed by atoms with Crippen molar-refractivity contribution in [3.63, 3.8) is 0 Å². The highest BCUT2D eigenvalue weighted by atomic mass is 79.9. The van der Waals surface area contributed by atoms with Crippen LogP contribution in [0.15, 0.2) is 69.0 Å². The molecule has 0 saturated heterocycles. The van der Waals surface area contributed by atoms with Crippen molar-refractivity contribution in [1.82, 2.24) is 10.4 Å². The van der Waals surface area contributed by atoms with Crippen molar-refractivity contribution >= 4 is 39.0 Å². The van der Waals surface area contributed by atoms with Crippen LogP contribution in [-0.2, 0) is 4.79 Å². The summed E-state index contributed by atoms with van der Waals surface area (Å²) in [6, 6.07) is 16.3. The minimum Gasteiger partial charge on any atom is -0.484 e. The highest BCUT2D eigenvalue weighted by molar-refractivity contribution is 9.10. The van der Waals surface area contributed by atoms with Crippen LogP contribution in [0.2, 0.25) is 0 Å².